The lowest BCUT2D eigenvalue weighted by molar-refractivity contribution is -0.120. The molecule has 3 nitrogen and oxygen atoms in total. The Morgan fingerprint density at radius 1 is 1.39 bits per heavy atom. The molecule has 1 amide bonds. The minimum Gasteiger partial charge on any atom is -0.356 e. The van der Waals surface area contributed by atoms with Crippen molar-refractivity contribution in [2.24, 2.45) is 11.7 Å². The number of nitrogens with two attached hydrogens (primary N) is 1. The zero-order valence-electron chi connectivity index (χ0n) is 11.4. The first kappa shape index (κ1) is 14.7. The van der Waals surface area contributed by atoms with E-state index in [-0.39, 0.29) is 5.91 Å². The number of nitrogens with one attached hydrogen (secondary N) is 1. The van der Waals surface area contributed by atoms with E-state index in [1.54, 1.807) is 0 Å². The van der Waals surface area contributed by atoms with Crippen LogP contribution in [0, 0.1) is 12.8 Å². The van der Waals surface area contributed by atoms with Gasteiger partial charge in [0.25, 0.3) is 0 Å². The summed E-state index contributed by atoms with van der Waals surface area (Å²) in [6.07, 6.45) is 2.54. The molecule has 0 heterocycles. The van der Waals surface area contributed by atoms with Crippen LogP contribution in [-0.2, 0) is 11.2 Å². The monoisotopic (exact) mass is 248 g/mol. The number of rotatable bonds is 7. The fraction of sp³-hybridized carbons (Fsp3) is 0.533. The molecule has 3 heteroatoms. The van der Waals surface area contributed by atoms with E-state index in [1.807, 2.05) is 31.2 Å². The van der Waals surface area contributed by atoms with E-state index in [4.69, 9.17) is 5.73 Å². The molecule has 0 bridgehead atoms. The van der Waals surface area contributed by atoms with E-state index in [9.17, 15) is 4.79 Å². The summed E-state index contributed by atoms with van der Waals surface area (Å²) in [6.45, 7) is 5.63. The van der Waals surface area contributed by atoms with Crippen LogP contribution in [0.25, 0.3) is 0 Å². The largest absolute Gasteiger partial charge is 0.356 e. The maximum atomic E-state index is 11.7. The molecule has 1 aromatic carbocycles. The van der Waals surface area contributed by atoms with E-state index < -0.39 is 0 Å². The van der Waals surface area contributed by atoms with Gasteiger partial charge in [0.15, 0.2) is 0 Å². The molecular formula is C15H24N2O. The Morgan fingerprint density at radius 2 is 2.11 bits per heavy atom. The summed E-state index contributed by atoms with van der Waals surface area (Å²) in [4.78, 5) is 11.7. The lowest BCUT2D eigenvalue weighted by Crippen LogP contribution is -2.27. The Morgan fingerprint density at radius 3 is 2.78 bits per heavy atom. The third-order valence-corrected chi connectivity index (χ3v) is 3.21. The highest BCUT2D eigenvalue weighted by Gasteiger charge is 2.05. The smallest absolute Gasteiger partial charge is 0.224 e. The molecule has 0 aliphatic rings. The number of aryl methyl sites for hydroxylation is 1. The fourth-order valence-corrected chi connectivity index (χ4v) is 1.84. The molecule has 0 aromatic heterocycles. The zero-order valence-corrected chi connectivity index (χ0v) is 11.4. The van der Waals surface area contributed by atoms with Crippen molar-refractivity contribution in [3.63, 3.8) is 0 Å². The molecule has 0 spiro atoms. The van der Waals surface area contributed by atoms with Gasteiger partial charge in [-0.2, -0.15) is 0 Å². The van der Waals surface area contributed by atoms with E-state index in [2.05, 4.69) is 12.2 Å². The summed E-state index contributed by atoms with van der Waals surface area (Å²) in [5.41, 5.74) is 7.82. The maximum Gasteiger partial charge on any atom is 0.224 e. The summed E-state index contributed by atoms with van der Waals surface area (Å²) in [5.74, 6) is 0.642. The van der Waals surface area contributed by atoms with Crippen molar-refractivity contribution < 1.29 is 4.79 Å². The SMILES string of the molecule is Cc1ccccc1CC(=O)NCCCC(C)CN. The minimum absolute atomic E-state index is 0.102. The molecule has 0 aliphatic carbocycles. The quantitative estimate of drug-likeness (QED) is 0.725. The van der Waals surface area contributed by atoms with Gasteiger partial charge in [0, 0.05) is 6.54 Å². The lowest BCUT2D eigenvalue weighted by Gasteiger charge is -2.09. The average molecular weight is 248 g/mol. The molecular weight excluding hydrogens is 224 g/mol. The van der Waals surface area contributed by atoms with Gasteiger partial charge in [0.05, 0.1) is 6.42 Å². The van der Waals surface area contributed by atoms with Crippen LogP contribution in [0.3, 0.4) is 0 Å². The Kier molecular flexibility index (Phi) is 6.44. The number of carbonyl (C=O) groups is 1. The number of hydrogen-bond donors (Lipinski definition) is 2. The Bertz CT molecular complexity index is 377. The molecule has 0 radical (unpaired) electrons. The van der Waals surface area contributed by atoms with Crippen molar-refractivity contribution in [2.75, 3.05) is 13.1 Å². The highest BCUT2D eigenvalue weighted by atomic mass is 16.1. The Labute approximate surface area is 110 Å². The van der Waals surface area contributed by atoms with Gasteiger partial charge in [-0.1, -0.05) is 31.2 Å². The number of amides is 1. The maximum absolute atomic E-state index is 11.7. The van der Waals surface area contributed by atoms with Gasteiger partial charge < -0.3 is 11.1 Å². The molecule has 18 heavy (non-hydrogen) atoms. The molecule has 0 saturated carbocycles. The highest BCUT2D eigenvalue weighted by molar-refractivity contribution is 5.78. The molecule has 100 valence electrons. The van der Waals surface area contributed by atoms with Crippen molar-refractivity contribution in [2.45, 2.75) is 33.1 Å². The van der Waals surface area contributed by atoms with E-state index in [0.717, 1.165) is 31.5 Å². The third-order valence-electron chi connectivity index (χ3n) is 3.21. The van der Waals surface area contributed by atoms with Crippen molar-refractivity contribution in [1.82, 2.24) is 5.32 Å². The van der Waals surface area contributed by atoms with Crippen LogP contribution in [0.2, 0.25) is 0 Å². The van der Waals surface area contributed by atoms with Crippen molar-refractivity contribution in [3.05, 3.63) is 35.4 Å². The first-order chi connectivity index (χ1) is 8.63. The molecule has 1 rings (SSSR count). The second-order valence-corrected chi connectivity index (χ2v) is 4.94. The minimum atomic E-state index is 0.102. The molecule has 1 unspecified atom stereocenters. The molecule has 0 aliphatic heterocycles. The molecule has 3 N–H and O–H groups in total. The second-order valence-electron chi connectivity index (χ2n) is 4.94. The lowest BCUT2D eigenvalue weighted by atomic mass is 10.1. The summed E-state index contributed by atoms with van der Waals surface area (Å²) < 4.78 is 0. The standard InChI is InChI=1S/C15H24N2O/c1-12(11-16)6-5-9-17-15(18)10-14-8-4-3-7-13(14)2/h3-4,7-8,12H,5-6,9-11,16H2,1-2H3,(H,17,18). The summed E-state index contributed by atoms with van der Waals surface area (Å²) in [7, 11) is 0. The van der Waals surface area contributed by atoms with Gasteiger partial charge in [-0.25, -0.2) is 0 Å². The first-order valence-corrected chi connectivity index (χ1v) is 6.64. The summed E-state index contributed by atoms with van der Waals surface area (Å²) in [6, 6.07) is 8.00. The molecule has 0 fully saturated rings. The predicted octanol–water partition coefficient (Wildman–Crippen LogP) is 2.03. The van der Waals surface area contributed by atoms with Gasteiger partial charge in [0.2, 0.25) is 5.91 Å². The normalized spacial score (nSPS) is 12.2. The third kappa shape index (κ3) is 5.32. The van der Waals surface area contributed by atoms with E-state index >= 15 is 0 Å². The van der Waals surface area contributed by atoms with E-state index in [1.165, 1.54) is 5.56 Å². The van der Waals surface area contributed by atoms with Crippen LogP contribution < -0.4 is 11.1 Å². The van der Waals surface area contributed by atoms with Gasteiger partial charge in [-0.3, -0.25) is 4.79 Å². The second kappa shape index (κ2) is 7.88. The number of hydrogen-bond acceptors (Lipinski definition) is 2. The molecule has 0 saturated heterocycles. The van der Waals surface area contributed by atoms with E-state index in [0.29, 0.717) is 12.3 Å². The number of benzene rings is 1. The van der Waals surface area contributed by atoms with Gasteiger partial charge in [-0.05, 0) is 43.4 Å². The van der Waals surface area contributed by atoms with Crippen LogP contribution in [0.1, 0.15) is 30.9 Å². The van der Waals surface area contributed by atoms with Crippen LogP contribution >= 0.6 is 0 Å². The van der Waals surface area contributed by atoms with Crippen LogP contribution in [0.15, 0.2) is 24.3 Å². The Balaban J connectivity index is 2.24. The van der Waals surface area contributed by atoms with Crippen LogP contribution in [-0.4, -0.2) is 19.0 Å². The number of carbonyl (C=O) groups excluding carboxylic acids is 1. The van der Waals surface area contributed by atoms with Crippen LogP contribution in [0.5, 0.6) is 0 Å². The average Bonchev–Trinajstić information content (AvgIpc) is 2.37. The van der Waals surface area contributed by atoms with Crippen molar-refractivity contribution in [1.29, 1.82) is 0 Å². The summed E-state index contributed by atoms with van der Waals surface area (Å²) >= 11 is 0. The fourth-order valence-electron chi connectivity index (χ4n) is 1.84. The van der Waals surface area contributed by atoms with Crippen LogP contribution in [0.4, 0.5) is 0 Å². The first-order valence-electron chi connectivity index (χ1n) is 6.64. The molecule has 1 aromatic rings. The summed E-state index contributed by atoms with van der Waals surface area (Å²) in [5, 5.41) is 2.96. The highest BCUT2D eigenvalue weighted by Crippen LogP contribution is 2.07. The molecule has 1 atom stereocenters. The Hall–Kier alpha value is -1.35. The zero-order chi connectivity index (χ0) is 13.4. The van der Waals surface area contributed by atoms with Gasteiger partial charge in [-0.15, -0.1) is 0 Å². The topological polar surface area (TPSA) is 55.1 Å². The van der Waals surface area contributed by atoms with Crippen molar-refractivity contribution in [3.8, 4) is 0 Å². The predicted molar refractivity (Wildman–Crippen MR) is 75.3 cm³/mol. The van der Waals surface area contributed by atoms with Gasteiger partial charge in [0.1, 0.15) is 0 Å². The van der Waals surface area contributed by atoms with Gasteiger partial charge >= 0.3 is 0 Å². The van der Waals surface area contributed by atoms with Crippen molar-refractivity contribution >= 4 is 5.91 Å².